The van der Waals surface area contributed by atoms with Crippen LogP contribution >= 0.6 is 11.6 Å². The number of imidazole rings is 1. The van der Waals surface area contributed by atoms with Crippen LogP contribution in [0.15, 0.2) is 285 Å². The maximum atomic E-state index is 12.4. The summed E-state index contributed by atoms with van der Waals surface area (Å²) in [6.45, 7) is 28.9. The lowest BCUT2D eigenvalue weighted by atomic mass is 10.0. The van der Waals surface area contributed by atoms with Crippen molar-refractivity contribution in [2.24, 2.45) is 11.5 Å². The van der Waals surface area contributed by atoms with Gasteiger partial charge in [-0.05, 0) is 236 Å². The molecule has 8 N–H and O–H groups in total. The summed E-state index contributed by atoms with van der Waals surface area (Å²) in [5.74, 6) is 3.14. The number of fused-ring (bicyclic) bond motifs is 2. The number of hydrogen-bond donors (Lipinski definition) is 6. The molecule has 10 aromatic carbocycles. The third-order valence-electron chi connectivity index (χ3n) is 17.1. The molecule has 0 saturated heterocycles. The van der Waals surface area contributed by atoms with Crippen molar-refractivity contribution >= 4 is 28.3 Å². The molecular formula is C97H124ClF5N8O. The monoisotopic (exact) mass is 1550 g/mol. The molecule has 0 spiro atoms. The van der Waals surface area contributed by atoms with Gasteiger partial charge in [0.05, 0.1) is 23.7 Å². The minimum absolute atomic E-state index is 0.163. The lowest BCUT2D eigenvalue weighted by Gasteiger charge is -2.08. The number of benzene rings is 10. The summed E-state index contributed by atoms with van der Waals surface area (Å²) in [6, 6.07) is 90.8. The lowest BCUT2D eigenvalue weighted by molar-refractivity contribution is -0.137. The summed E-state index contributed by atoms with van der Waals surface area (Å²) in [6.07, 6.45) is 2.86. The van der Waals surface area contributed by atoms with Crippen molar-refractivity contribution in [3.63, 3.8) is 0 Å². The minimum Gasteiger partial charge on any atom is -0.497 e. The van der Waals surface area contributed by atoms with Crippen molar-refractivity contribution in [2.75, 3.05) is 26.5 Å². The highest BCUT2D eigenvalue weighted by atomic mass is 35.5. The average molecular weight is 1550 g/mol. The van der Waals surface area contributed by atoms with Crippen molar-refractivity contribution < 1.29 is 26.7 Å². The number of H-pyrrole nitrogens is 1. The molecule has 5 atom stereocenters. The number of aromatic amines is 1. The number of aryl methyl sites for hydroxylation is 3. The Kier molecular flexibility index (Phi) is 47.1. The standard InChI is InChI=1S/2C10H15N.C10H14O.2C9H11F.C9H11N.2C9H13N.C8H7F3.C8H8N2.C6H6ClN/c2*1-9(11-2)8-10-6-4-3-5-7-10;1-8(2)9-4-6-10(11-3)7-5-9;2*1-7(2)8-3-5-9(10)6-4-8;1-7-6-8-4-2-3-5-9(8)10-7;2*1-8(10)7-9-5-3-2-4-6-9;1-6-3-2-4-7(5-6)8(9,10)11;1-6-9-7-4-2-3-5-8(7)10-6;1-5-2-3-6(7)8-4-5/h2*3-7,9,11H,8H2,1-2H3;4-8H,1-3H3;2*3-7H,1-2H3;2-5,7,10H,6H2,1H3;2*2-6,8H,7,10H2,1H3;2-5H,1H3;2-5H,1H3,(H,9,10);2-4H,1H3/t9-;;;;;7-;8-;;;;/m0....00..../s1. The molecule has 600 valence electrons. The number of rotatable bonds is 14. The van der Waals surface area contributed by atoms with Crippen LogP contribution in [0.25, 0.3) is 11.0 Å². The van der Waals surface area contributed by atoms with Crippen LogP contribution in [0.5, 0.6) is 5.75 Å². The Bertz CT molecular complexity index is 4100. The number of para-hydroxylation sites is 3. The molecule has 0 fully saturated rings. The molecule has 0 radical (unpaired) electrons. The number of nitrogens with two attached hydrogens (primary N) is 2. The number of alkyl halides is 3. The molecule has 2 unspecified atom stereocenters. The number of aromatic nitrogens is 3. The molecular weight excluding hydrogens is 1420 g/mol. The topological polar surface area (TPSA) is 139 Å². The molecule has 15 heteroatoms. The maximum Gasteiger partial charge on any atom is 0.416 e. The summed E-state index contributed by atoms with van der Waals surface area (Å²) in [5.41, 5.74) is 26.5. The van der Waals surface area contributed by atoms with Crippen LogP contribution in [0.4, 0.5) is 27.6 Å². The average Bonchev–Trinajstić information content (AvgIpc) is 1.52. The zero-order chi connectivity index (χ0) is 82.8. The van der Waals surface area contributed by atoms with Gasteiger partial charge in [-0.15, -0.1) is 0 Å². The zero-order valence-corrected chi connectivity index (χ0v) is 69.8. The van der Waals surface area contributed by atoms with Crippen LogP contribution in [0.3, 0.4) is 0 Å². The zero-order valence-electron chi connectivity index (χ0n) is 69.0. The van der Waals surface area contributed by atoms with Crippen LogP contribution in [-0.4, -0.2) is 66.4 Å². The van der Waals surface area contributed by atoms with E-state index in [0.717, 1.165) is 66.0 Å². The number of anilines is 1. The van der Waals surface area contributed by atoms with Crippen molar-refractivity contribution in [1.82, 2.24) is 25.6 Å². The number of nitrogens with one attached hydrogen (secondary N) is 4. The molecule has 2 aromatic heterocycles. The maximum absolute atomic E-state index is 12.4. The van der Waals surface area contributed by atoms with Gasteiger partial charge in [0.2, 0.25) is 0 Å². The molecule has 1 aliphatic rings. The van der Waals surface area contributed by atoms with Crippen LogP contribution < -0.4 is 32.2 Å². The van der Waals surface area contributed by atoms with Gasteiger partial charge in [-0.2, -0.15) is 13.2 Å². The van der Waals surface area contributed by atoms with E-state index >= 15 is 0 Å². The van der Waals surface area contributed by atoms with Gasteiger partial charge in [0.1, 0.15) is 28.4 Å². The molecule has 1 aliphatic heterocycles. The summed E-state index contributed by atoms with van der Waals surface area (Å²) in [5, 5.41) is 10.4. The number of methoxy groups -OCH3 is 1. The van der Waals surface area contributed by atoms with Gasteiger partial charge in [0.15, 0.2) is 0 Å². The summed E-state index contributed by atoms with van der Waals surface area (Å²) in [7, 11) is 5.67. The van der Waals surface area contributed by atoms with Crippen molar-refractivity contribution in [1.29, 1.82) is 0 Å². The third-order valence-corrected chi connectivity index (χ3v) is 17.3. The fourth-order valence-corrected chi connectivity index (χ4v) is 10.7. The highest BCUT2D eigenvalue weighted by Crippen LogP contribution is 2.29. The second-order valence-corrected chi connectivity index (χ2v) is 29.1. The molecule has 0 bridgehead atoms. The summed E-state index contributed by atoms with van der Waals surface area (Å²) in [4.78, 5) is 11.2. The Morgan fingerprint density at radius 2 is 0.866 bits per heavy atom. The van der Waals surface area contributed by atoms with Gasteiger partial charge in [-0.1, -0.05) is 271 Å². The summed E-state index contributed by atoms with van der Waals surface area (Å²) >= 11 is 5.50. The molecule has 0 saturated carbocycles. The number of halogens is 6. The summed E-state index contributed by atoms with van der Waals surface area (Å²) < 4.78 is 65.7. The van der Waals surface area contributed by atoms with Crippen LogP contribution in [0, 0.1) is 32.4 Å². The molecule has 0 amide bonds. The van der Waals surface area contributed by atoms with Crippen LogP contribution in [0.2, 0.25) is 5.15 Å². The van der Waals surface area contributed by atoms with E-state index in [1.165, 1.54) is 86.9 Å². The van der Waals surface area contributed by atoms with Crippen molar-refractivity contribution in [2.45, 2.75) is 183 Å². The van der Waals surface area contributed by atoms with E-state index in [2.05, 4.69) is 202 Å². The number of ether oxygens (including phenoxy) is 1. The van der Waals surface area contributed by atoms with E-state index in [1.54, 1.807) is 32.4 Å². The highest BCUT2D eigenvalue weighted by Gasteiger charge is 2.30. The van der Waals surface area contributed by atoms with Gasteiger partial charge in [0.25, 0.3) is 0 Å². The molecule has 13 rings (SSSR count). The quantitative estimate of drug-likeness (QED) is 0.0468. The largest absolute Gasteiger partial charge is 0.497 e. The van der Waals surface area contributed by atoms with Gasteiger partial charge in [-0.3, -0.25) is 0 Å². The normalized spacial score (nSPS) is 12.4. The first kappa shape index (κ1) is 96.4. The predicted molar refractivity (Wildman–Crippen MR) is 467 cm³/mol. The number of hydrogen-bond acceptors (Lipinski definition) is 8. The van der Waals surface area contributed by atoms with Crippen LogP contribution in [0.1, 0.15) is 161 Å². The number of nitrogens with zero attached hydrogens (tertiary/aromatic N) is 2. The molecule has 0 aliphatic carbocycles. The van der Waals surface area contributed by atoms with E-state index in [-0.39, 0.29) is 23.7 Å². The fourth-order valence-electron chi connectivity index (χ4n) is 10.6. The number of likely N-dealkylation sites (N-methyl/N-ethyl adjacent to an activating group) is 2. The fraction of sp³-hybridized carbons (Fsp3) is 0.320. The smallest absolute Gasteiger partial charge is 0.416 e. The SMILES string of the molecule is CC(C)c1ccc(F)cc1.CC(C)c1ccc(F)cc1.CC(N)Cc1ccccc1.CNC(C)Cc1ccccc1.CN[C@@H](C)Cc1ccccc1.COc1ccc(C(C)C)cc1.C[C@H](N)Cc1ccccc1.C[C@H]1Cc2ccccc2N1.Cc1ccc(Cl)nc1.Cc1cccc(C(F)(F)F)c1.Cc1nc2ccccc2[nH]1. The Morgan fingerprint density at radius 3 is 1.21 bits per heavy atom. The number of pyridine rings is 1. The van der Waals surface area contributed by atoms with Gasteiger partial charge in [-0.25, -0.2) is 18.7 Å². The molecule has 3 heterocycles. The lowest BCUT2D eigenvalue weighted by Crippen LogP contribution is -2.23. The Balaban J connectivity index is 0.000000319. The van der Waals surface area contributed by atoms with Crippen LogP contribution in [-0.2, 0) is 38.3 Å². The van der Waals surface area contributed by atoms with Gasteiger partial charge < -0.3 is 37.1 Å². The van der Waals surface area contributed by atoms with E-state index in [1.807, 2.05) is 157 Å². The highest BCUT2D eigenvalue weighted by molar-refractivity contribution is 6.29. The first-order valence-corrected chi connectivity index (χ1v) is 38.9. The second-order valence-electron chi connectivity index (χ2n) is 28.7. The van der Waals surface area contributed by atoms with E-state index < -0.39 is 11.7 Å². The molecule has 112 heavy (non-hydrogen) atoms. The Labute approximate surface area is 672 Å². The molecule has 12 aromatic rings. The Hall–Kier alpha value is -9.80. The predicted octanol–water partition coefficient (Wildman–Crippen LogP) is 24.5. The van der Waals surface area contributed by atoms with Crippen molar-refractivity contribution in [3.8, 4) is 5.75 Å². The van der Waals surface area contributed by atoms with Crippen molar-refractivity contribution in [3.05, 3.63) is 369 Å². The first-order chi connectivity index (χ1) is 53.4. The van der Waals surface area contributed by atoms with Gasteiger partial charge in [0, 0.05) is 42.1 Å². The van der Waals surface area contributed by atoms with E-state index in [0.29, 0.717) is 46.6 Å². The van der Waals surface area contributed by atoms with Gasteiger partial charge >= 0.3 is 6.18 Å². The second kappa shape index (κ2) is 54.8. The van der Waals surface area contributed by atoms with E-state index in [9.17, 15) is 22.0 Å². The molecule has 9 nitrogen and oxygen atoms in total. The first-order valence-electron chi connectivity index (χ1n) is 38.5. The minimum atomic E-state index is -4.22. The third kappa shape index (κ3) is 43.7. The van der Waals surface area contributed by atoms with E-state index in [4.69, 9.17) is 27.8 Å². The Morgan fingerprint density at radius 1 is 0.473 bits per heavy atom.